The fourth-order valence-corrected chi connectivity index (χ4v) is 3.46. The molecule has 0 radical (unpaired) electrons. The molecule has 3 rings (SSSR count). The summed E-state index contributed by atoms with van der Waals surface area (Å²) < 4.78 is 37.8. The number of H-pyrrole nitrogens is 1. The lowest BCUT2D eigenvalue weighted by Gasteiger charge is -2.12. The predicted octanol–water partition coefficient (Wildman–Crippen LogP) is 2.50. The second-order valence-corrected chi connectivity index (χ2v) is 7.50. The van der Waals surface area contributed by atoms with Gasteiger partial charge in [-0.05, 0) is 43.3 Å². The van der Waals surface area contributed by atoms with Crippen LogP contribution in [0.3, 0.4) is 0 Å². The number of aromatic amines is 1. The van der Waals surface area contributed by atoms with E-state index in [9.17, 15) is 17.6 Å². The Labute approximate surface area is 137 Å². The molecule has 2 aromatic carbocycles. The van der Waals surface area contributed by atoms with Gasteiger partial charge in [0.15, 0.2) is 9.84 Å². The molecule has 3 aromatic rings. The Morgan fingerprint density at radius 2 is 1.83 bits per heavy atom. The highest BCUT2D eigenvalue weighted by Crippen LogP contribution is 2.19. The van der Waals surface area contributed by atoms with Gasteiger partial charge in [0, 0.05) is 0 Å². The average molecular weight is 347 g/mol. The first-order valence-corrected chi connectivity index (χ1v) is 8.67. The van der Waals surface area contributed by atoms with Crippen molar-refractivity contribution < 1.29 is 17.6 Å². The van der Waals surface area contributed by atoms with E-state index >= 15 is 0 Å². The molecule has 1 heterocycles. The average Bonchev–Trinajstić information content (AvgIpc) is 2.96. The fraction of sp³-hybridized carbons (Fsp3) is 0.125. The lowest BCUT2D eigenvalue weighted by atomic mass is 10.3. The van der Waals surface area contributed by atoms with Crippen molar-refractivity contribution in [3.63, 3.8) is 0 Å². The highest BCUT2D eigenvalue weighted by Gasteiger charge is 2.30. The lowest BCUT2D eigenvalue weighted by Crippen LogP contribution is -2.33. The van der Waals surface area contributed by atoms with Gasteiger partial charge in [-0.2, -0.15) is 0 Å². The molecule has 0 spiro atoms. The van der Waals surface area contributed by atoms with Gasteiger partial charge >= 0.3 is 0 Å². The quantitative estimate of drug-likeness (QED) is 0.709. The normalized spacial score (nSPS) is 12.9. The van der Waals surface area contributed by atoms with Crippen LogP contribution in [0, 0.1) is 5.82 Å². The Hall–Kier alpha value is -2.74. The van der Waals surface area contributed by atoms with Crippen LogP contribution in [0.4, 0.5) is 10.3 Å². The number of rotatable bonds is 4. The Kier molecular flexibility index (Phi) is 4.06. The number of nitrogens with one attached hydrogen (secondary N) is 2. The molecule has 0 bridgehead atoms. The number of aromatic nitrogens is 2. The molecular weight excluding hydrogens is 333 g/mol. The van der Waals surface area contributed by atoms with Gasteiger partial charge in [0.05, 0.1) is 15.9 Å². The van der Waals surface area contributed by atoms with Gasteiger partial charge in [0.25, 0.3) is 0 Å². The largest absolute Gasteiger partial charge is 0.324 e. The monoisotopic (exact) mass is 347 g/mol. The van der Waals surface area contributed by atoms with E-state index in [1.165, 1.54) is 6.92 Å². The van der Waals surface area contributed by atoms with Crippen molar-refractivity contribution in [3.8, 4) is 0 Å². The van der Waals surface area contributed by atoms with Crippen LogP contribution in [0.2, 0.25) is 0 Å². The van der Waals surface area contributed by atoms with Gasteiger partial charge in [-0.25, -0.2) is 17.8 Å². The highest BCUT2D eigenvalue weighted by atomic mass is 32.2. The van der Waals surface area contributed by atoms with E-state index in [2.05, 4.69) is 15.3 Å². The topological polar surface area (TPSA) is 91.9 Å². The Balaban J connectivity index is 1.82. The molecule has 0 aliphatic carbocycles. The number of anilines is 1. The molecule has 0 aliphatic rings. The van der Waals surface area contributed by atoms with Crippen LogP contribution in [0.1, 0.15) is 6.92 Å². The number of amides is 1. The van der Waals surface area contributed by atoms with Crippen LogP contribution >= 0.6 is 0 Å². The molecule has 0 saturated heterocycles. The van der Waals surface area contributed by atoms with E-state index < -0.39 is 26.8 Å². The zero-order valence-electron chi connectivity index (χ0n) is 12.7. The van der Waals surface area contributed by atoms with Gasteiger partial charge in [0.2, 0.25) is 11.9 Å². The molecule has 2 N–H and O–H groups in total. The van der Waals surface area contributed by atoms with Crippen molar-refractivity contribution in [2.75, 3.05) is 5.32 Å². The van der Waals surface area contributed by atoms with E-state index in [4.69, 9.17) is 0 Å². The zero-order chi connectivity index (χ0) is 17.3. The van der Waals surface area contributed by atoms with Crippen molar-refractivity contribution in [2.45, 2.75) is 17.1 Å². The number of fused-ring (bicyclic) bond motifs is 1. The van der Waals surface area contributed by atoms with E-state index in [0.29, 0.717) is 5.52 Å². The lowest BCUT2D eigenvalue weighted by molar-refractivity contribution is -0.115. The third kappa shape index (κ3) is 3.00. The summed E-state index contributed by atoms with van der Waals surface area (Å²) >= 11 is 0. The number of para-hydroxylation sites is 2. The van der Waals surface area contributed by atoms with Gasteiger partial charge in [-0.1, -0.05) is 12.1 Å². The molecule has 0 fully saturated rings. The molecule has 0 saturated carbocycles. The molecule has 8 heteroatoms. The number of sulfone groups is 1. The first-order valence-electron chi connectivity index (χ1n) is 7.13. The van der Waals surface area contributed by atoms with Gasteiger partial charge in [-0.15, -0.1) is 0 Å². The number of carbonyl (C=O) groups excluding carboxylic acids is 1. The maximum atomic E-state index is 12.9. The number of imidazole rings is 1. The van der Waals surface area contributed by atoms with Crippen molar-refractivity contribution in [1.82, 2.24) is 9.97 Å². The molecular formula is C16H14FN3O3S. The number of benzene rings is 2. The minimum absolute atomic E-state index is 0.115. The first kappa shape index (κ1) is 16.1. The van der Waals surface area contributed by atoms with Crippen molar-refractivity contribution in [3.05, 3.63) is 54.3 Å². The minimum atomic E-state index is -3.93. The summed E-state index contributed by atoms with van der Waals surface area (Å²) in [5, 5.41) is 1.11. The van der Waals surface area contributed by atoms with Crippen LogP contribution in [0.5, 0.6) is 0 Å². The number of halogens is 1. The van der Waals surface area contributed by atoms with Crippen LogP contribution in [0.15, 0.2) is 53.4 Å². The second kappa shape index (κ2) is 6.04. The minimum Gasteiger partial charge on any atom is -0.324 e. The van der Waals surface area contributed by atoms with Crippen molar-refractivity contribution >= 4 is 32.7 Å². The predicted molar refractivity (Wildman–Crippen MR) is 87.8 cm³/mol. The highest BCUT2D eigenvalue weighted by molar-refractivity contribution is 7.92. The third-order valence-corrected chi connectivity index (χ3v) is 5.68. The summed E-state index contributed by atoms with van der Waals surface area (Å²) in [6.45, 7) is 1.27. The maximum absolute atomic E-state index is 12.9. The zero-order valence-corrected chi connectivity index (χ0v) is 13.5. The number of nitrogens with zero attached hydrogens (tertiary/aromatic N) is 1. The first-order chi connectivity index (χ1) is 11.4. The summed E-state index contributed by atoms with van der Waals surface area (Å²) in [7, 11) is -3.93. The molecule has 1 amide bonds. The summed E-state index contributed by atoms with van der Waals surface area (Å²) in [4.78, 5) is 19.2. The summed E-state index contributed by atoms with van der Waals surface area (Å²) in [6, 6.07) is 11.5. The summed E-state index contributed by atoms with van der Waals surface area (Å²) in [6.07, 6.45) is 0. The molecule has 1 aromatic heterocycles. The van der Waals surface area contributed by atoms with Gasteiger partial charge in [-0.3, -0.25) is 10.1 Å². The number of carbonyl (C=O) groups is 1. The molecule has 0 aliphatic heterocycles. The van der Waals surface area contributed by atoms with Gasteiger partial charge in [0.1, 0.15) is 11.1 Å². The Morgan fingerprint density at radius 1 is 1.17 bits per heavy atom. The van der Waals surface area contributed by atoms with Crippen LogP contribution < -0.4 is 5.32 Å². The van der Waals surface area contributed by atoms with Crippen molar-refractivity contribution in [2.24, 2.45) is 0 Å². The smallest absolute Gasteiger partial charge is 0.245 e. The standard InChI is InChI=1S/C16H14FN3O3S/c1-10(24(22,23)12-8-6-11(17)7-9-12)15(21)20-16-18-13-4-2-3-5-14(13)19-16/h2-10H,1H3,(H2,18,19,20,21)/t10-/m0/s1. The Morgan fingerprint density at radius 3 is 2.50 bits per heavy atom. The molecule has 6 nitrogen and oxygen atoms in total. The summed E-state index contributed by atoms with van der Waals surface area (Å²) in [5.74, 6) is -1.10. The van der Waals surface area contributed by atoms with Crippen LogP contribution in [-0.2, 0) is 14.6 Å². The van der Waals surface area contributed by atoms with E-state index in [-0.39, 0.29) is 10.8 Å². The van der Waals surface area contributed by atoms with Gasteiger partial charge < -0.3 is 4.98 Å². The molecule has 1 atom stereocenters. The van der Waals surface area contributed by atoms with Crippen molar-refractivity contribution in [1.29, 1.82) is 0 Å². The Bertz CT molecular complexity index is 964. The molecule has 0 unspecified atom stereocenters. The SMILES string of the molecule is C[C@@H](C(=O)Nc1nc2ccccc2[nH]1)S(=O)(=O)c1ccc(F)cc1. The fourth-order valence-electron chi connectivity index (χ4n) is 2.20. The van der Waals surface area contributed by atoms with E-state index in [0.717, 1.165) is 29.8 Å². The molecule has 124 valence electrons. The number of hydrogen-bond donors (Lipinski definition) is 2. The third-order valence-electron chi connectivity index (χ3n) is 3.61. The van der Waals surface area contributed by atoms with E-state index in [1.54, 1.807) is 18.2 Å². The van der Waals surface area contributed by atoms with Crippen LogP contribution in [0.25, 0.3) is 11.0 Å². The summed E-state index contributed by atoms with van der Waals surface area (Å²) in [5.41, 5.74) is 1.38. The molecule has 24 heavy (non-hydrogen) atoms. The maximum Gasteiger partial charge on any atom is 0.245 e. The number of hydrogen-bond acceptors (Lipinski definition) is 4. The van der Waals surface area contributed by atoms with E-state index in [1.807, 2.05) is 6.07 Å². The second-order valence-electron chi connectivity index (χ2n) is 5.23. The van der Waals surface area contributed by atoms with Crippen LogP contribution in [-0.4, -0.2) is 29.5 Å².